The molecule has 0 radical (unpaired) electrons. The molecule has 0 spiro atoms. The zero-order chi connectivity index (χ0) is 22.6. The van der Waals surface area contributed by atoms with Gasteiger partial charge in [0.2, 0.25) is 5.95 Å². The van der Waals surface area contributed by atoms with Gasteiger partial charge in [0, 0.05) is 11.8 Å². The summed E-state index contributed by atoms with van der Waals surface area (Å²) in [4.78, 5) is 16.9. The number of anilines is 2. The molecule has 33 heavy (non-hydrogen) atoms. The van der Waals surface area contributed by atoms with Crippen LogP contribution < -0.4 is 10.6 Å². The quantitative estimate of drug-likeness (QED) is 0.425. The van der Waals surface area contributed by atoms with Crippen LogP contribution in [-0.4, -0.2) is 20.7 Å². The van der Waals surface area contributed by atoms with Gasteiger partial charge < -0.3 is 5.32 Å². The van der Waals surface area contributed by atoms with Crippen LogP contribution in [-0.2, 0) is 4.79 Å². The van der Waals surface area contributed by atoms with Gasteiger partial charge >= 0.3 is 0 Å². The topological polar surface area (TPSA) is 71.8 Å². The third-order valence-corrected chi connectivity index (χ3v) is 5.22. The van der Waals surface area contributed by atoms with Crippen molar-refractivity contribution in [2.75, 3.05) is 10.6 Å². The lowest BCUT2D eigenvalue weighted by atomic mass is 10.0. The minimum Gasteiger partial charge on any atom is -0.324 e. The molecule has 4 aromatic rings. The standard InChI is InChI=1S/C26H20FN5O/c27-21-14-11-18(12-15-21)13-16-24(33)29-25-30-26-28-22(19-7-3-1-4-8-19)17-23(32(26)31-25)20-9-5-2-6-10-20/h1-17,23H,(H2,28,29,30,31,33). The van der Waals surface area contributed by atoms with Crippen molar-refractivity contribution >= 4 is 29.6 Å². The number of aromatic nitrogens is 3. The fourth-order valence-corrected chi connectivity index (χ4v) is 3.62. The van der Waals surface area contributed by atoms with E-state index in [2.05, 4.69) is 26.8 Å². The van der Waals surface area contributed by atoms with Gasteiger partial charge in [-0.25, -0.2) is 9.07 Å². The van der Waals surface area contributed by atoms with Gasteiger partial charge in [-0.1, -0.05) is 72.8 Å². The van der Waals surface area contributed by atoms with E-state index >= 15 is 0 Å². The molecule has 0 saturated carbocycles. The summed E-state index contributed by atoms with van der Waals surface area (Å²) < 4.78 is 14.8. The van der Waals surface area contributed by atoms with Crippen LogP contribution in [0.3, 0.4) is 0 Å². The Labute approximate surface area is 190 Å². The average molecular weight is 437 g/mol. The van der Waals surface area contributed by atoms with Crippen LogP contribution in [0, 0.1) is 5.82 Å². The first-order valence-corrected chi connectivity index (χ1v) is 10.5. The van der Waals surface area contributed by atoms with E-state index in [0.29, 0.717) is 11.5 Å². The molecule has 0 aliphatic carbocycles. The smallest absolute Gasteiger partial charge is 0.250 e. The van der Waals surface area contributed by atoms with E-state index < -0.39 is 0 Å². The zero-order valence-electron chi connectivity index (χ0n) is 17.5. The molecule has 0 bridgehead atoms. The highest BCUT2D eigenvalue weighted by Crippen LogP contribution is 2.33. The molecule has 1 unspecified atom stereocenters. The van der Waals surface area contributed by atoms with Crippen LogP contribution in [0.4, 0.5) is 16.3 Å². The fourth-order valence-electron chi connectivity index (χ4n) is 3.62. The third kappa shape index (κ3) is 4.57. The molecule has 2 N–H and O–H groups in total. The van der Waals surface area contributed by atoms with Gasteiger partial charge in [0.1, 0.15) is 11.9 Å². The van der Waals surface area contributed by atoms with Crippen molar-refractivity contribution in [1.82, 2.24) is 14.8 Å². The van der Waals surface area contributed by atoms with E-state index in [1.807, 2.05) is 60.7 Å². The van der Waals surface area contributed by atoms with Crippen molar-refractivity contribution in [3.05, 3.63) is 120 Å². The maximum absolute atomic E-state index is 13.0. The van der Waals surface area contributed by atoms with Crippen molar-refractivity contribution in [3.8, 4) is 0 Å². The Morgan fingerprint density at radius 2 is 1.67 bits per heavy atom. The summed E-state index contributed by atoms with van der Waals surface area (Å²) in [7, 11) is 0. The fraction of sp³-hybridized carbons (Fsp3) is 0.0385. The van der Waals surface area contributed by atoms with Gasteiger partial charge in [-0.05, 0) is 41.0 Å². The summed E-state index contributed by atoms with van der Waals surface area (Å²) in [5.74, 6) is 0.0149. The summed E-state index contributed by atoms with van der Waals surface area (Å²) in [5, 5.41) is 10.5. The minimum absolute atomic E-state index is 0.189. The maximum atomic E-state index is 13.0. The second-order valence-electron chi connectivity index (χ2n) is 7.50. The van der Waals surface area contributed by atoms with Gasteiger partial charge in [-0.3, -0.25) is 10.1 Å². The van der Waals surface area contributed by atoms with Crippen LogP contribution >= 0.6 is 0 Å². The highest BCUT2D eigenvalue weighted by molar-refractivity contribution is 6.01. The Morgan fingerprint density at radius 1 is 0.970 bits per heavy atom. The molecule has 0 saturated heterocycles. The molecule has 7 heteroatoms. The van der Waals surface area contributed by atoms with Gasteiger partial charge in [0.05, 0.1) is 0 Å². The Morgan fingerprint density at radius 3 is 2.39 bits per heavy atom. The maximum Gasteiger partial charge on any atom is 0.250 e. The Balaban J connectivity index is 1.41. The van der Waals surface area contributed by atoms with E-state index in [-0.39, 0.29) is 23.7 Å². The molecule has 1 atom stereocenters. The molecule has 1 aliphatic heterocycles. The second kappa shape index (κ2) is 8.92. The summed E-state index contributed by atoms with van der Waals surface area (Å²) in [6.07, 6.45) is 5.06. The molecular formula is C26H20FN5O. The molecule has 5 rings (SSSR count). The first-order valence-electron chi connectivity index (χ1n) is 10.5. The number of amides is 1. The summed E-state index contributed by atoms with van der Waals surface area (Å²) >= 11 is 0. The number of carbonyl (C=O) groups is 1. The molecule has 3 aromatic carbocycles. The summed E-state index contributed by atoms with van der Waals surface area (Å²) in [5.41, 5.74) is 3.71. The van der Waals surface area contributed by atoms with Crippen molar-refractivity contribution < 1.29 is 9.18 Å². The van der Waals surface area contributed by atoms with Crippen LogP contribution in [0.2, 0.25) is 0 Å². The van der Waals surface area contributed by atoms with Crippen LogP contribution in [0.5, 0.6) is 0 Å². The van der Waals surface area contributed by atoms with E-state index in [1.54, 1.807) is 22.9 Å². The van der Waals surface area contributed by atoms with E-state index in [4.69, 9.17) is 0 Å². The Hall–Kier alpha value is -4.52. The SMILES string of the molecule is O=C(C=Cc1ccc(F)cc1)Nc1nc2n(n1)C(c1ccccc1)C=C(c1ccccc1)N2. The first-order chi connectivity index (χ1) is 16.2. The predicted octanol–water partition coefficient (Wildman–Crippen LogP) is 5.13. The first kappa shape index (κ1) is 20.4. The number of allylic oxidation sites excluding steroid dienone is 1. The summed E-state index contributed by atoms with van der Waals surface area (Å²) in [6, 6.07) is 25.7. The predicted molar refractivity (Wildman–Crippen MR) is 127 cm³/mol. The lowest BCUT2D eigenvalue weighted by Crippen LogP contribution is -2.20. The highest BCUT2D eigenvalue weighted by atomic mass is 19.1. The number of benzene rings is 3. The van der Waals surface area contributed by atoms with Crippen LogP contribution in [0.25, 0.3) is 11.8 Å². The molecule has 1 amide bonds. The van der Waals surface area contributed by atoms with Crippen molar-refractivity contribution in [2.45, 2.75) is 6.04 Å². The average Bonchev–Trinajstić information content (AvgIpc) is 3.26. The Bertz CT molecular complexity index is 1330. The van der Waals surface area contributed by atoms with Crippen molar-refractivity contribution in [1.29, 1.82) is 0 Å². The summed E-state index contributed by atoms with van der Waals surface area (Å²) in [6.45, 7) is 0. The van der Waals surface area contributed by atoms with Gasteiger partial charge in [-0.2, -0.15) is 4.98 Å². The molecule has 6 nitrogen and oxygen atoms in total. The number of nitrogens with zero attached hydrogens (tertiary/aromatic N) is 3. The molecular weight excluding hydrogens is 417 g/mol. The van der Waals surface area contributed by atoms with Crippen molar-refractivity contribution in [3.63, 3.8) is 0 Å². The minimum atomic E-state index is -0.380. The number of hydrogen-bond acceptors (Lipinski definition) is 4. The zero-order valence-corrected chi connectivity index (χ0v) is 17.5. The third-order valence-electron chi connectivity index (χ3n) is 5.22. The largest absolute Gasteiger partial charge is 0.324 e. The normalized spacial score (nSPS) is 14.9. The molecule has 162 valence electrons. The lowest BCUT2D eigenvalue weighted by Gasteiger charge is -2.24. The van der Waals surface area contributed by atoms with Gasteiger partial charge in [0.15, 0.2) is 0 Å². The van der Waals surface area contributed by atoms with Crippen LogP contribution in [0.15, 0.2) is 97.1 Å². The van der Waals surface area contributed by atoms with Gasteiger partial charge in [0.25, 0.3) is 11.9 Å². The monoisotopic (exact) mass is 437 g/mol. The Kier molecular flexibility index (Phi) is 5.51. The molecule has 2 heterocycles. The van der Waals surface area contributed by atoms with E-state index in [9.17, 15) is 9.18 Å². The lowest BCUT2D eigenvalue weighted by molar-refractivity contribution is -0.111. The van der Waals surface area contributed by atoms with Gasteiger partial charge in [-0.15, -0.1) is 5.10 Å². The number of rotatable bonds is 5. The molecule has 0 fully saturated rings. The van der Waals surface area contributed by atoms with E-state index in [1.165, 1.54) is 18.2 Å². The number of halogens is 1. The highest BCUT2D eigenvalue weighted by Gasteiger charge is 2.25. The molecule has 1 aliphatic rings. The number of carbonyl (C=O) groups excluding carboxylic acids is 1. The number of hydrogen-bond donors (Lipinski definition) is 2. The second-order valence-corrected chi connectivity index (χ2v) is 7.50. The van der Waals surface area contributed by atoms with E-state index in [0.717, 1.165) is 16.8 Å². The molecule has 1 aromatic heterocycles. The number of fused-ring (bicyclic) bond motifs is 1. The van der Waals surface area contributed by atoms with Crippen LogP contribution in [0.1, 0.15) is 22.7 Å². The number of nitrogens with one attached hydrogen (secondary N) is 2. The van der Waals surface area contributed by atoms with Crippen molar-refractivity contribution in [2.24, 2.45) is 0 Å².